The minimum Gasteiger partial charge on any atom is -0.488 e. The predicted molar refractivity (Wildman–Crippen MR) is 103 cm³/mol. The average Bonchev–Trinajstić information content (AvgIpc) is 3.40. The van der Waals surface area contributed by atoms with Crippen molar-refractivity contribution in [2.75, 3.05) is 6.54 Å². The van der Waals surface area contributed by atoms with Crippen LogP contribution < -0.4 is 10.1 Å². The number of carbonyl (C=O) groups excluding carboxylic acids is 1. The monoisotopic (exact) mass is 382 g/mol. The van der Waals surface area contributed by atoms with Crippen LogP contribution in [0.5, 0.6) is 5.75 Å². The Bertz CT molecular complexity index is 935. The highest BCUT2D eigenvalue weighted by molar-refractivity contribution is 7.13. The summed E-state index contributed by atoms with van der Waals surface area (Å²) in [5, 5.41) is 5.44. The Hall–Kier alpha value is -2.73. The number of aromatic nitrogens is 1. The molecule has 1 amide bonds. The standard InChI is InChI=1S/C21H19FN2O2S/c22-16-9-7-15(8-10-16)12-26-19-4-2-1-3-17(19)21-24-18(13-27-21)20(25)23-11-14-5-6-14/h1-4,7-10,13-14H,5-6,11-12H2,(H,23,25). The first kappa shape index (κ1) is 17.7. The lowest BCUT2D eigenvalue weighted by atomic mass is 10.2. The van der Waals surface area contributed by atoms with Gasteiger partial charge in [0.1, 0.15) is 28.9 Å². The van der Waals surface area contributed by atoms with E-state index in [-0.39, 0.29) is 11.7 Å². The highest BCUT2D eigenvalue weighted by atomic mass is 32.1. The van der Waals surface area contributed by atoms with E-state index in [1.54, 1.807) is 17.5 Å². The number of hydrogen-bond acceptors (Lipinski definition) is 4. The van der Waals surface area contributed by atoms with E-state index < -0.39 is 0 Å². The summed E-state index contributed by atoms with van der Waals surface area (Å²) in [6.45, 7) is 1.06. The maximum absolute atomic E-state index is 13.0. The molecule has 1 fully saturated rings. The number of nitrogens with zero attached hydrogens (tertiary/aromatic N) is 1. The van der Waals surface area contributed by atoms with Gasteiger partial charge in [-0.1, -0.05) is 24.3 Å². The number of amides is 1. The summed E-state index contributed by atoms with van der Waals surface area (Å²) in [7, 11) is 0. The topological polar surface area (TPSA) is 51.2 Å². The van der Waals surface area contributed by atoms with Crippen molar-refractivity contribution in [2.24, 2.45) is 5.92 Å². The van der Waals surface area contributed by atoms with E-state index in [0.717, 1.165) is 22.7 Å². The maximum atomic E-state index is 13.0. The van der Waals surface area contributed by atoms with E-state index in [0.29, 0.717) is 24.0 Å². The van der Waals surface area contributed by atoms with E-state index in [2.05, 4.69) is 10.3 Å². The van der Waals surface area contributed by atoms with Crippen molar-refractivity contribution < 1.29 is 13.9 Å². The van der Waals surface area contributed by atoms with Crippen LogP contribution in [0.4, 0.5) is 4.39 Å². The van der Waals surface area contributed by atoms with E-state index >= 15 is 0 Å². The molecule has 1 N–H and O–H groups in total. The lowest BCUT2D eigenvalue weighted by Gasteiger charge is -2.10. The van der Waals surface area contributed by atoms with Crippen molar-refractivity contribution >= 4 is 17.2 Å². The number of carbonyl (C=O) groups is 1. The van der Waals surface area contributed by atoms with Crippen molar-refractivity contribution in [3.8, 4) is 16.3 Å². The van der Waals surface area contributed by atoms with Gasteiger partial charge in [-0.05, 0) is 48.6 Å². The molecule has 1 saturated carbocycles. The van der Waals surface area contributed by atoms with Gasteiger partial charge in [0.05, 0.1) is 5.56 Å². The first-order valence-corrected chi connectivity index (χ1v) is 9.77. The van der Waals surface area contributed by atoms with E-state index in [4.69, 9.17) is 4.74 Å². The molecule has 6 heteroatoms. The quantitative estimate of drug-likeness (QED) is 0.646. The molecule has 27 heavy (non-hydrogen) atoms. The third kappa shape index (κ3) is 4.52. The van der Waals surface area contributed by atoms with Gasteiger partial charge >= 0.3 is 0 Å². The molecule has 0 aliphatic heterocycles. The number of para-hydroxylation sites is 1. The van der Waals surface area contributed by atoms with Gasteiger partial charge in [0.15, 0.2) is 0 Å². The third-order valence-corrected chi connectivity index (χ3v) is 5.29. The van der Waals surface area contributed by atoms with Crippen LogP contribution in [0.2, 0.25) is 0 Å². The molecule has 1 aromatic heterocycles. The van der Waals surface area contributed by atoms with Crippen LogP contribution in [0.1, 0.15) is 28.9 Å². The minimum absolute atomic E-state index is 0.130. The Balaban J connectivity index is 1.47. The van der Waals surface area contributed by atoms with Crippen LogP contribution in [-0.4, -0.2) is 17.4 Å². The number of ether oxygens (including phenoxy) is 1. The van der Waals surface area contributed by atoms with Crippen LogP contribution in [0.25, 0.3) is 10.6 Å². The Morgan fingerprint density at radius 2 is 1.96 bits per heavy atom. The molecule has 1 aliphatic carbocycles. The molecule has 4 rings (SSSR count). The maximum Gasteiger partial charge on any atom is 0.270 e. The fourth-order valence-electron chi connectivity index (χ4n) is 2.66. The fourth-order valence-corrected chi connectivity index (χ4v) is 3.49. The average molecular weight is 382 g/mol. The van der Waals surface area contributed by atoms with Crippen molar-refractivity contribution in [2.45, 2.75) is 19.4 Å². The summed E-state index contributed by atoms with van der Waals surface area (Å²) in [6.07, 6.45) is 2.39. The van der Waals surface area contributed by atoms with Gasteiger partial charge in [-0.25, -0.2) is 9.37 Å². The highest BCUT2D eigenvalue weighted by Crippen LogP contribution is 2.33. The smallest absolute Gasteiger partial charge is 0.270 e. The van der Waals surface area contributed by atoms with Crippen LogP contribution in [-0.2, 0) is 6.61 Å². The van der Waals surface area contributed by atoms with Crippen molar-refractivity contribution in [1.82, 2.24) is 10.3 Å². The Kier molecular flexibility index (Phi) is 5.16. The van der Waals surface area contributed by atoms with Gasteiger partial charge in [-0.2, -0.15) is 0 Å². The Morgan fingerprint density at radius 3 is 2.74 bits per heavy atom. The predicted octanol–water partition coefficient (Wildman–Crippen LogP) is 4.67. The lowest BCUT2D eigenvalue weighted by Crippen LogP contribution is -2.25. The fraction of sp³-hybridized carbons (Fsp3) is 0.238. The molecule has 0 radical (unpaired) electrons. The van der Waals surface area contributed by atoms with Crippen molar-refractivity contribution in [1.29, 1.82) is 0 Å². The second-order valence-electron chi connectivity index (χ2n) is 6.60. The van der Waals surface area contributed by atoms with Gasteiger partial charge in [-0.15, -0.1) is 11.3 Å². The number of halogens is 1. The Morgan fingerprint density at radius 1 is 1.19 bits per heavy atom. The molecule has 0 unspecified atom stereocenters. The molecular formula is C21H19FN2O2S. The molecule has 0 spiro atoms. The zero-order valence-electron chi connectivity index (χ0n) is 14.7. The summed E-state index contributed by atoms with van der Waals surface area (Å²) in [4.78, 5) is 16.7. The molecule has 0 atom stereocenters. The molecule has 138 valence electrons. The molecule has 2 aromatic carbocycles. The number of rotatable bonds is 7. The van der Waals surface area contributed by atoms with Crippen LogP contribution in [0.15, 0.2) is 53.9 Å². The first-order valence-electron chi connectivity index (χ1n) is 8.89. The normalized spacial score (nSPS) is 13.4. The third-order valence-electron chi connectivity index (χ3n) is 4.41. The van der Waals surface area contributed by atoms with Crippen LogP contribution in [0.3, 0.4) is 0 Å². The number of nitrogens with one attached hydrogen (secondary N) is 1. The van der Waals surface area contributed by atoms with Gasteiger partial charge in [-0.3, -0.25) is 4.79 Å². The molecule has 0 bridgehead atoms. The summed E-state index contributed by atoms with van der Waals surface area (Å²) >= 11 is 1.42. The second-order valence-corrected chi connectivity index (χ2v) is 7.46. The first-order chi connectivity index (χ1) is 13.2. The van der Waals surface area contributed by atoms with Crippen LogP contribution in [0, 0.1) is 11.7 Å². The highest BCUT2D eigenvalue weighted by Gasteiger charge is 2.22. The summed E-state index contributed by atoms with van der Waals surface area (Å²) in [5.41, 5.74) is 2.15. The van der Waals surface area contributed by atoms with Gasteiger partial charge in [0.25, 0.3) is 5.91 Å². The molecule has 1 aliphatic rings. The van der Waals surface area contributed by atoms with Crippen molar-refractivity contribution in [3.63, 3.8) is 0 Å². The second kappa shape index (κ2) is 7.88. The zero-order valence-corrected chi connectivity index (χ0v) is 15.5. The number of thiazole rings is 1. The number of hydrogen-bond donors (Lipinski definition) is 1. The molecule has 1 heterocycles. The Labute approximate surface area is 161 Å². The van der Waals surface area contributed by atoms with E-state index in [9.17, 15) is 9.18 Å². The van der Waals surface area contributed by atoms with Gasteiger partial charge in [0.2, 0.25) is 0 Å². The zero-order chi connectivity index (χ0) is 18.6. The van der Waals surface area contributed by atoms with Gasteiger partial charge < -0.3 is 10.1 Å². The SMILES string of the molecule is O=C(NCC1CC1)c1csc(-c2ccccc2OCc2ccc(F)cc2)n1. The molecular weight excluding hydrogens is 363 g/mol. The van der Waals surface area contributed by atoms with Gasteiger partial charge in [0, 0.05) is 11.9 Å². The lowest BCUT2D eigenvalue weighted by molar-refractivity contribution is 0.0947. The molecule has 4 nitrogen and oxygen atoms in total. The van der Waals surface area contributed by atoms with Crippen molar-refractivity contribution in [3.05, 3.63) is 71.0 Å². The summed E-state index contributed by atoms with van der Waals surface area (Å²) in [6, 6.07) is 13.8. The molecule has 0 saturated heterocycles. The van der Waals surface area contributed by atoms with Crippen LogP contribution >= 0.6 is 11.3 Å². The summed E-state index contributed by atoms with van der Waals surface area (Å²) < 4.78 is 18.9. The van der Waals surface area contributed by atoms with E-state index in [1.165, 1.54) is 36.3 Å². The number of benzene rings is 2. The van der Waals surface area contributed by atoms with E-state index in [1.807, 2.05) is 24.3 Å². The largest absolute Gasteiger partial charge is 0.488 e. The molecule has 3 aromatic rings. The minimum atomic E-state index is -0.269. The summed E-state index contributed by atoms with van der Waals surface area (Å²) in [5.74, 6) is 0.914.